The van der Waals surface area contributed by atoms with Crippen molar-refractivity contribution in [1.29, 1.82) is 0 Å². The summed E-state index contributed by atoms with van der Waals surface area (Å²) in [5.41, 5.74) is 0.686. The van der Waals surface area contributed by atoms with Crippen molar-refractivity contribution >= 4 is 10.9 Å². The van der Waals surface area contributed by atoms with Gasteiger partial charge in [0.1, 0.15) is 5.82 Å². The predicted molar refractivity (Wildman–Crippen MR) is 87.0 cm³/mol. The van der Waals surface area contributed by atoms with Crippen molar-refractivity contribution in [3.05, 3.63) is 40.4 Å². The number of rotatable bonds is 5. The van der Waals surface area contributed by atoms with E-state index in [-0.39, 0.29) is 11.7 Å². The van der Waals surface area contributed by atoms with E-state index in [1.807, 2.05) is 25.1 Å². The van der Waals surface area contributed by atoms with Gasteiger partial charge in [-0.25, -0.2) is 4.98 Å². The standard InChI is InChI=1S/C17H23N3O2/c1-12(21)11-13-5-4-9-20(13)10-8-16-18-15-7-3-2-6-14(15)17(22)19-16/h2-3,6-7,12-13,21H,4-5,8-11H2,1H3,(H,18,19,22). The zero-order valence-corrected chi connectivity index (χ0v) is 13.0. The van der Waals surface area contributed by atoms with Crippen molar-refractivity contribution in [2.45, 2.75) is 44.8 Å². The Bertz CT molecular complexity index is 696. The third-order valence-electron chi connectivity index (χ3n) is 4.41. The first-order valence-electron chi connectivity index (χ1n) is 8.03. The van der Waals surface area contributed by atoms with E-state index in [9.17, 15) is 9.90 Å². The summed E-state index contributed by atoms with van der Waals surface area (Å²) in [4.78, 5) is 21.9. The highest BCUT2D eigenvalue weighted by molar-refractivity contribution is 5.77. The Morgan fingerprint density at radius 2 is 2.27 bits per heavy atom. The average Bonchev–Trinajstić information content (AvgIpc) is 2.91. The van der Waals surface area contributed by atoms with E-state index in [1.54, 1.807) is 6.07 Å². The second-order valence-electron chi connectivity index (χ2n) is 6.20. The Morgan fingerprint density at radius 3 is 3.09 bits per heavy atom. The molecule has 0 saturated carbocycles. The Labute approximate surface area is 130 Å². The molecule has 0 bridgehead atoms. The average molecular weight is 301 g/mol. The van der Waals surface area contributed by atoms with E-state index in [0.29, 0.717) is 11.4 Å². The molecule has 1 aliphatic rings. The molecule has 1 aromatic carbocycles. The Hall–Kier alpha value is -1.72. The highest BCUT2D eigenvalue weighted by Gasteiger charge is 2.25. The molecule has 1 saturated heterocycles. The first-order valence-corrected chi connectivity index (χ1v) is 8.03. The van der Waals surface area contributed by atoms with Crippen LogP contribution in [0.4, 0.5) is 0 Å². The number of aliphatic hydroxyl groups is 1. The third-order valence-corrected chi connectivity index (χ3v) is 4.41. The second-order valence-corrected chi connectivity index (χ2v) is 6.20. The van der Waals surface area contributed by atoms with Gasteiger partial charge >= 0.3 is 0 Å². The van der Waals surface area contributed by atoms with Crippen molar-refractivity contribution in [2.75, 3.05) is 13.1 Å². The quantitative estimate of drug-likeness (QED) is 0.882. The number of aromatic amines is 1. The monoisotopic (exact) mass is 301 g/mol. The number of nitrogens with zero attached hydrogens (tertiary/aromatic N) is 2. The molecule has 0 amide bonds. The zero-order chi connectivity index (χ0) is 15.5. The molecule has 118 valence electrons. The van der Waals surface area contributed by atoms with Gasteiger partial charge in [-0.15, -0.1) is 0 Å². The Balaban J connectivity index is 1.70. The summed E-state index contributed by atoms with van der Waals surface area (Å²) in [7, 11) is 0. The molecular weight excluding hydrogens is 278 g/mol. The summed E-state index contributed by atoms with van der Waals surface area (Å²) < 4.78 is 0. The number of aliphatic hydroxyl groups excluding tert-OH is 1. The molecule has 2 aromatic rings. The van der Waals surface area contributed by atoms with Crippen molar-refractivity contribution in [3.63, 3.8) is 0 Å². The first kappa shape index (κ1) is 15.2. The number of para-hydroxylation sites is 1. The van der Waals surface area contributed by atoms with E-state index >= 15 is 0 Å². The van der Waals surface area contributed by atoms with Gasteiger partial charge < -0.3 is 10.1 Å². The normalized spacial score (nSPS) is 20.5. The van der Waals surface area contributed by atoms with Crippen LogP contribution in [0.1, 0.15) is 32.0 Å². The number of H-pyrrole nitrogens is 1. The fourth-order valence-electron chi connectivity index (χ4n) is 3.35. The lowest BCUT2D eigenvalue weighted by atomic mass is 10.1. The molecule has 22 heavy (non-hydrogen) atoms. The summed E-state index contributed by atoms with van der Waals surface area (Å²) in [5.74, 6) is 0.742. The molecule has 0 aliphatic carbocycles. The van der Waals surface area contributed by atoms with Crippen LogP contribution in [0.5, 0.6) is 0 Å². The number of benzene rings is 1. The lowest BCUT2D eigenvalue weighted by Gasteiger charge is -2.25. The molecule has 0 spiro atoms. The van der Waals surface area contributed by atoms with E-state index in [0.717, 1.165) is 43.7 Å². The summed E-state index contributed by atoms with van der Waals surface area (Å²) in [5, 5.41) is 10.2. The minimum atomic E-state index is -0.260. The maximum Gasteiger partial charge on any atom is 0.258 e. The van der Waals surface area contributed by atoms with Crippen LogP contribution in [-0.2, 0) is 6.42 Å². The fourth-order valence-corrected chi connectivity index (χ4v) is 3.35. The van der Waals surface area contributed by atoms with Crippen molar-refractivity contribution in [2.24, 2.45) is 0 Å². The topological polar surface area (TPSA) is 69.2 Å². The SMILES string of the molecule is CC(O)CC1CCCN1CCc1nc2ccccc2c(=O)[nH]1. The molecule has 2 N–H and O–H groups in total. The molecular formula is C17H23N3O2. The maximum atomic E-state index is 12.1. The molecule has 2 heterocycles. The molecule has 1 aromatic heterocycles. The highest BCUT2D eigenvalue weighted by Crippen LogP contribution is 2.21. The number of aromatic nitrogens is 2. The molecule has 0 radical (unpaired) electrons. The van der Waals surface area contributed by atoms with Gasteiger partial charge in [0.2, 0.25) is 0 Å². The molecule has 2 unspecified atom stereocenters. The summed E-state index contributed by atoms with van der Waals surface area (Å²) in [6.07, 6.45) is 3.62. The van der Waals surface area contributed by atoms with Gasteiger partial charge in [0.15, 0.2) is 0 Å². The van der Waals surface area contributed by atoms with Gasteiger partial charge in [-0.3, -0.25) is 9.69 Å². The molecule has 5 nitrogen and oxygen atoms in total. The van der Waals surface area contributed by atoms with E-state index in [1.165, 1.54) is 6.42 Å². The van der Waals surface area contributed by atoms with Crippen molar-refractivity contribution < 1.29 is 5.11 Å². The van der Waals surface area contributed by atoms with Gasteiger partial charge in [-0.05, 0) is 44.9 Å². The largest absolute Gasteiger partial charge is 0.393 e. The van der Waals surface area contributed by atoms with Gasteiger partial charge in [0.05, 0.1) is 17.0 Å². The van der Waals surface area contributed by atoms with E-state index in [2.05, 4.69) is 14.9 Å². The molecule has 5 heteroatoms. The van der Waals surface area contributed by atoms with Gasteiger partial charge in [0, 0.05) is 19.0 Å². The van der Waals surface area contributed by atoms with Crippen LogP contribution in [0.2, 0.25) is 0 Å². The number of fused-ring (bicyclic) bond motifs is 1. The maximum absolute atomic E-state index is 12.1. The van der Waals surface area contributed by atoms with Crippen LogP contribution in [0.15, 0.2) is 29.1 Å². The molecule has 2 atom stereocenters. The van der Waals surface area contributed by atoms with Gasteiger partial charge in [-0.1, -0.05) is 12.1 Å². The summed E-state index contributed by atoms with van der Waals surface area (Å²) >= 11 is 0. The Morgan fingerprint density at radius 1 is 1.45 bits per heavy atom. The molecule has 3 rings (SSSR count). The minimum Gasteiger partial charge on any atom is -0.393 e. The minimum absolute atomic E-state index is 0.0671. The first-order chi connectivity index (χ1) is 10.6. The number of nitrogens with one attached hydrogen (secondary N) is 1. The lowest BCUT2D eigenvalue weighted by molar-refractivity contribution is 0.134. The highest BCUT2D eigenvalue weighted by atomic mass is 16.3. The third kappa shape index (κ3) is 3.36. The van der Waals surface area contributed by atoms with Crippen LogP contribution in [0, 0.1) is 0 Å². The summed E-state index contributed by atoms with van der Waals surface area (Å²) in [6.45, 7) is 3.78. The second kappa shape index (κ2) is 6.58. The van der Waals surface area contributed by atoms with Crippen LogP contribution < -0.4 is 5.56 Å². The number of hydrogen-bond donors (Lipinski definition) is 2. The fraction of sp³-hybridized carbons (Fsp3) is 0.529. The van der Waals surface area contributed by atoms with Crippen molar-refractivity contribution in [3.8, 4) is 0 Å². The molecule has 1 aliphatic heterocycles. The van der Waals surface area contributed by atoms with E-state index in [4.69, 9.17) is 0 Å². The number of hydrogen-bond acceptors (Lipinski definition) is 4. The van der Waals surface area contributed by atoms with Crippen LogP contribution in [-0.4, -0.2) is 45.2 Å². The van der Waals surface area contributed by atoms with Gasteiger partial charge in [0.25, 0.3) is 5.56 Å². The van der Waals surface area contributed by atoms with Crippen LogP contribution in [0.3, 0.4) is 0 Å². The Kier molecular flexibility index (Phi) is 4.55. The predicted octanol–water partition coefficient (Wildman–Crippen LogP) is 1.70. The zero-order valence-electron chi connectivity index (χ0n) is 13.0. The molecule has 1 fully saturated rings. The lowest BCUT2D eigenvalue weighted by Crippen LogP contribution is -2.34. The van der Waals surface area contributed by atoms with E-state index < -0.39 is 0 Å². The summed E-state index contributed by atoms with van der Waals surface area (Å²) in [6, 6.07) is 7.87. The van der Waals surface area contributed by atoms with Crippen LogP contribution >= 0.6 is 0 Å². The van der Waals surface area contributed by atoms with Crippen LogP contribution in [0.25, 0.3) is 10.9 Å². The number of likely N-dealkylation sites (tertiary alicyclic amines) is 1. The van der Waals surface area contributed by atoms with Gasteiger partial charge in [-0.2, -0.15) is 0 Å². The van der Waals surface area contributed by atoms with Crippen molar-refractivity contribution in [1.82, 2.24) is 14.9 Å². The smallest absolute Gasteiger partial charge is 0.258 e.